The first-order valence-electron chi connectivity index (χ1n) is 10.0. The summed E-state index contributed by atoms with van der Waals surface area (Å²) in [6.07, 6.45) is 0. The topological polar surface area (TPSA) is 50.2 Å². The lowest BCUT2D eigenvalue weighted by Crippen LogP contribution is -2.37. The number of carbonyl (C=O) groups excluding carboxylic acids is 1. The van der Waals surface area contributed by atoms with Crippen molar-refractivity contribution < 1.29 is 9.18 Å². The number of rotatable bonds is 7. The van der Waals surface area contributed by atoms with Gasteiger partial charge in [-0.05, 0) is 54.3 Å². The van der Waals surface area contributed by atoms with Crippen LogP contribution in [0.2, 0.25) is 0 Å². The predicted molar refractivity (Wildman–Crippen MR) is 116 cm³/mol. The van der Waals surface area contributed by atoms with Crippen LogP contribution in [0.4, 0.5) is 16.0 Å². The summed E-state index contributed by atoms with van der Waals surface area (Å²) in [6, 6.07) is 11.8. The molecule has 0 atom stereocenters. The van der Waals surface area contributed by atoms with Crippen molar-refractivity contribution in [1.29, 1.82) is 0 Å². The number of imidazole rings is 1. The van der Waals surface area contributed by atoms with Gasteiger partial charge in [0.2, 0.25) is 5.95 Å². The molecule has 0 unspecified atom stereocenters. The maximum atomic E-state index is 13.1. The Morgan fingerprint density at radius 1 is 1.07 bits per heavy atom. The molecule has 0 spiro atoms. The fourth-order valence-corrected chi connectivity index (χ4v) is 3.40. The second-order valence-electron chi connectivity index (χ2n) is 8.33. The van der Waals surface area contributed by atoms with Gasteiger partial charge >= 0.3 is 0 Å². The Kier molecular flexibility index (Phi) is 6.20. The number of nitrogens with zero attached hydrogens (tertiary/aromatic N) is 3. The van der Waals surface area contributed by atoms with E-state index in [9.17, 15) is 9.18 Å². The largest absolute Gasteiger partial charge is 0.338 e. The van der Waals surface area contributed by atoms with Gasteiger partial charge in [-0.25, -0.2) is 9.37 Å². The van der Waals surface area contributed by atoms with Crippen LogP contribution in [0.25, 0.3) is 11.0 Å². The van der Waals surface area contributed by atoms with Gasteiger partial charge in [0.25, 0.3) is 5.91 Å². The Balaban J connectivity index is 1.89. The van der Waals surface area contributed by atoms with Crippen molar-refractivity contribution in [2.45, 2.75) is 27.7 Å². The van der Waals surface area contributed by atoms with E-state index in [0.717, 1.165) is 29.8 Å². The molecule has 6 heteroatoms. The van der Waals surface area contributed by atoms with Crippen LogP contribution in [-0.2, 0) is 7.05 Å². The van der Waals surface area contributed by atoms with Crippen LogP contribution in [0, 0.1) is 17.7 Å². The van der Waals surface area contributed by atoms with E-state index in [0.29, 0.717) is 23.3 Å². The fraction of sp³-hybridized carbons (Fsp3) is 0.391. The molecule has 0 radical (unpaired) electrons. The molecule has 0 bridgehead atoms. The summed E-state index contributed by atoms with van der Waals surface area (Å²) in [6.45, 7) is 9.96. The third kappa shape index (κ3) is 4.94. The van der Waals surface area contributed by atoms with E-state index in [2.05, 4.69) is 38.0 Å². The molecule has 0 aliphatic heterocycles. The zero-order chi connectivity index (χ0) is 21.1. The lowest BCUT2D eigenvalue weighted by atomic mass is 10.1. The molecule has 2 aromatic carbocycles. The Morgan fingerprint density at radius 2 is 1.69 bits per heavy atom. The molecule has 0 saturated heterocycles. The third-order valence-electron chi connectivity index (χ3n) is 4.69. The predicted octanol–water partition coefficient (Wildman–Crippen LogP) is 5.21. The van der Waals surface area contributed by atoms with Crippen LogP contribution in [0.15, 0.2) is 42.5 Å². The minimum absolute atomic E-state index is 0.0449. The van der Waals surface area contributed by atoms with Crippen LogP contribution in [0.3, 0.4) is 0 Å². The van der Waals surface area contributed by atoms with Crippen molar-refractivity contribution in [3.8, 4) is 0 Å². The highest BCUT2D eigenvalue weighted by atomic mass is 19.1. The number of anilines is 2. The summed E-state index contributed by atoms with van der Waals surface area (Å²) >= 11 is 0. The molecule has 1 aromatic heterocycles. The van der Waals surface area contributed by atoms with Crippen molar-refractivity contribution in [2.24, 2.45) is 18.9 Å². The molecule has 0 aliphatic carbocycles. The van der Waals surface area contributed by atoms with Crippen molar-refractivity contribution in [3.63, 3.8) is 0 Å². The van der Waals surface area contributed by atoms with Crippen molar-refractivity contribution in [3.05, 3.63) is 53.8 Å². The van der Waals surface area contributed by atoms with E-state index < -0.39 is 0 Å². The highest BCUT2D eigenvalue weighted by Gasteiger charge is 2.19. The van der Waals surface area contributed by atoms with Crippen LogP contribution >= 0.6 is 0 Å². The van der Waals surface area contributed by atoms with E-state index >= 15 is 0 Å². The van der Waals surface area contributed by atoms with E-state index in [1.807, 2.05) is 34.7 Å². The average Bonchev–Trinajstić information content (AvgIpc) is 2.97. The number of hydrogen-bond acceptors (Lipinski definition) is 3. The van der Waals surface area contributed by atoms with Crippen LogP contribution in [0.1, 0.15) is 38.1 Å². The summed E-state index contributed by atoms with van der Waals surface area (Å²) in [5.41, 5.74) is 3.08. The molecular weight excluding hydrogens is 367 g/mol. The molecule has 1 heterocycles. The Hall–Kier alpha value is -2.89. The number of benzene rings is 2. The number of aromatic nitrogens is 2. The summed E-state index contributed by atoms with van der Waals surface area (Å²) < 4.78 is 15.0. The number of nitrogens with one attached hydrogen (secondary N) is 1. The number of carbonyl (C=O) groups is 1. The Bertz CT molecular complexity index is 982. The normalized spacial score (nSPS) is 11.4. The quantitative estimate of drug-likeness (QED) is 0.596. The summed E-state index contributed by atoms with van der Waals surface area (Å²) in [4.78, 5) is 19.7. The van der Waals surface area contributed by atoms with Gasteiger partial charge in [0.1, 0.15) is 5.82 Å². The summed E-state index contributed by atoms with van der Waals surface area (Å²) in [7, 11) is 1.90. The maximum absolute atomic E-state index is 13.1. The summed E-state index contributed by atoms with van der Waals surface area (Å²) in [5, 5.41) is 3.20. The summed E-state index contributed by atoms with van der Waals surface area (Å²) in [5.74, 6) is 1.21. The molecule has 154 valence electrons. The van der Waals surface area contributed by atoms with Crippen LogP contribution in [-0.4, -0.2) is 33.4 Å². The molecule has 5 nitrogen and oxygen atoms in total. The minimum Gasteiger partial charge on any atom is -0.338 e. The van der Waals surface area contributed by atoms with Gasteiger partial charge in [-0.3, -0.25) is 4.79 Å². The molecule has 0 saturated carbocycles. The highest BCUT2D eigenvalue weighted by Crippen LogP contribution is 2.23. The maximum Gasteiger partial charge on any atom is 0.253 e. The molecule has 3 rings (SSSR count). The smallest absolute Gasteiger partial charge is 0.253 e. The van der Waals surface area contributed by atoms with E-state index in [1.165, 1.54) is 12.1 Å². The van der Waals surface area contributed by atoms with Gasteiger partial charge in [-0.2, -0.15) is 0 Å². The first-order valence-corrected chi connectivity index (χ1v) is 10.0. The first kappa shape index (κ1) is 20.8. The van der Waals surface area contributed by atoms with Gasteiger partial charge in [-0.1, -0.05) is 27.7 Å². The molecule has 1 amide bonds. The van der Waals surface area contributed by atoms with Gasteiger partial charge < -0.3 is 14.8 Å². The van der Waals surface area contributed by atoms with Gasteiger partial charge in [0, 0.05) is 31.4 Å². The van der Waals surface area contributed by atoms with Crippen molar-refractivity contribution in [2.75, 3.05) is 18.4 Å². The second kappa shape index (κ2) is 8.64. The van der Waals surface area contributed by atoms with E-state index in [-0.39, 0.29) is 11.7 Å². The molecular formula is C23H29FN4O. The van der Waals surface area contributed by atoms with Gasteiger partial charge in [0.05, 0.1) is 11.0 Å². The molecule has 0 aliphatic rings. The molecule has 29 heavy (non-hydrogen) atoms. The number of halogens is 1. The van der Waals surface area contributed by atoms with E-state index in [4.69, 9.17) is 0 Å². The molecule has 1 N–H and O–H groups in total. The fourth-order valence-electron chi connectivity index (χ4n) is 3.40. The SMILES string of the molecule is CC(C)CN(CC(C)C)C(=O)c1ccc2nc(Nc3ccc(F)cc3)n(C)c2c1. The molecule has 0 fully saturated rings. The van der Waals surface area contributed by atoms with Crippen LogP contribution in [0.5, 0.6) is 0 Å². The average molecular weight is 397 g/mol. The van der Waals surface area contributed by atoms with Crippen LogP contribution < -0.4 is 5.32 Å². The number of amides is 1. The van der Waals surface area contributed by atoms with E-state index in [1.54, 1.807) is 12.1 Å². The lowest BCUT2D eigenvalue weighted by molar-refractivity contribution is 0.0715. The van der Waals surface area contributed by atoms with Crippen molar-refractivity contribution in [1.82, 2.24) is 14.5 Å². The number of hydrogen-bond donors (Lipinski definition) is 1. The standard InChI is InChI=1S/C23H29FN4O/c1-15(2)13-28(14-16(3)4)22(29)17-6-11-20-21(12-17)27(5)23(26-20)25-19-9-7-18(24)8-10-19/h6-12,15-16H,13-14H2,1-5H3,(H,25,26). The zero-order valence-electron chi connectivity index (χ0n) is 17.7. The minimum atomic E-state index is -0.281. The van der Waals surface area contributed by atoms with Gasteiger partial charge in [0.15, 0.2) is 0 Å². The Labute approximate surface area is 171 Å². The zero-order valence-corrected chi connectivity index (χ0v) is 17.7. The third-order valence-corrected chi connectivity index (χ3v) is 4.69. The van der Waals surface area contributed by atoms with Gasteiger partial charge in [-0.15, -0.1) is 0 Å². The number of aryl methyl sites for hydroxylation is 1. The first-order chi connectivity index (χ1) is 13.7. The number of fused-ring (bicyclic) bond motifs is 1. The Morgan fingerprint density at radius 3 is 2.28 bits per heavy atom. The second-order valence-corrected chi connectivity index (χ2v) is 8.33. The highest BCUT2D eigenvalue weighted by molar-refractivity contribution is 5.97. The molecule has 3 aromatic rings. The lowest BCUT2D eigenvalue weighted by Gasteiger charge is -2.26. The monoisotopic (exact) mass is 396 g/mol. The van der Waals surface area contributed by atoms with Crippen molar-refractivity contribution >= 4 is 28.6 Å².